The van der Waals surface area contributed by atoms with E-state index in [4.69, 9.17) is 0 Å². The van der Waals surface area contributed by atoms with Gasteiger partial charge in [-0.1, -0.05) is 0 Å². The van der Waals surface area contributed by atoms with Gasteiger partial charge in [0.25, 0.3) is 0 Å². The molecule has 2 atom stereocenters. The Bertz CT molecular complexity index is 61.2. The van der Waals surface area contributed by atoms with Gasteiger partial charge in [-0.15, -0.1) is 0 Å². The number of hydrogen-bond donors (Lipinski definition) is 1. The molecule has 1 fully saturated rings. The molecule has 1 heteroatoms. The Morgan fingerprint density at radius 3 is 2.43 bits per heavy atom. The van der Waals surface area contributed by atoms with Crippen LogP contribution in [0.3, 0.4) is 0 Å². The van der Waals surface area contributed by atoms with Crippen molar-refractivity contribution in [1.29, 1.82) is 0 Å². The summed E-state index contributed by atoms with van der Waals surface area (Å²) in [6.07, 6.45) is 3.75. The van der Waals surface area contributed by atoms with E-state index in [1.54, 1.807) is 0 Å². The van der Waals surface area contributed by atoms with Crippen LogP contribution >= 0.6 is 0 Å². The molecular formula is C6H13N+2. The lowest BCUT2D eigenvalue weighted by Gasteiger charge is -1.80. The van der Waals surface area contributed by atoms with Crippen molar-refractivity contribution in [3.63, 3.8) is 0 Å². The van der Waals surface area contributed by atoms with E-state index in [2.05, 4.69) is 12.7 Å². The number of quaternary nitrogens is 1. The fourth-order valence-electron chi connectivity index (χ4n) is 0.926. The second-order valence-electron chi connectivity index (χ2n) is 2.40. The van der Waals surface area contributed by atoms with E-state index in [0.717, 1.165) is 18.4 Å². The predicted molar refractivity (Wildman–Crippen MR) is 29.4 cm³/mol. The highest BCUT2D eigenvalue weighted by atomic mass is 14.7. The first-order valence-corrected chi connectivity index (χ1v) is 2.97. The predicted octanol–water partition coefficient (Wildman–Crippen LogP) is 0.231. The van der Waals surface area contributed by atoms with E-state index >= 15 is 0 Å². The first kappa shape index (κ1) is 4.98. The summed E-state index contributed by atoms with van der Waals surface area (Å²) in [7, 11) is 0. The van der Waals surface area contributed by atoms with E-state index in [-0.39, 0.29) is 0 Å². The second-order valence-corrected chi connectivity index (χ2v) is 2.40. The summed E-state index contributed by atoms with van der Waals surface area (Å²) in [6, 6.07) is 0.779. The molecule has 2 unspecified atom stereocenters. The summed E-state index contributed by atoms with van der Waals surface area (Å²) in [5, 5.41) is 0. The van der Waals surface area contributed by atoms with Crippen LogP contribution in [0.4, 0.5) is 0 Å². The third kappa shape index (κ3) is 1.10. The number of rotatable bonds is 2. The van der Waals surface area contributed by atoms with E-state index in [0.29, 0.717) is 0 Å². The Balaban J connectivity index is 1.98. The van der Waals surface area contributed by atoms with Gasteiger partial charge in [-0.3, -0.25) is 0 Å². The van der Waals surface area contributed by atoms with Gasteiger partial charge in [0.1, 0.15) is 0 Å². The molecule has 0 aromatic rings. The zero-order chi connectivity index (χ0) is 5.28. The maximum Gasteiger partial charge on any atom is 0.0881 e. The molecule has 0 bridgehead atoms. The van der Waals surface area contributed by atoms with Crippen molar-refractivity contribution in [2.24, 2.45) is 5.92 Å². The van der Waals surface area contributed by atoms with Crippen molar-refractivity contribution < 1.29 is 5.73 Å². The maximum atomic E-state index is 3.92. The summed E-state index contributed by atoms with van der Waals surface area (Å²) in [5.41, 5.74) is 3.92. The van der Waals surface area contributed by atoms with Gasteiger partial charge in [0.2, 0.25) is 0 Å². The molecule has 0 radical (unpaired) electrons. The van der Waals surface area contributed by atoms with Gasteiger partial charge in [0, 0.05) is 12.3 Å². The quantitative estimate of drug-likeness (QED) is 0.480. The lowest BCUT2D eigenvalue weighted by atomic mass is 10.2. The topological polar surface area (TPSA) is 27.6 Å². The zero-order valence-corrected chi connectivity index (χ0v) is 4.69. The molecule has 40 valence electrons. The minimum absolute atomic E-state index is 0.779. The van der Waals surface area contributed by atoms with E-state index in [9.17, 15) is 0 Å². The molecular weight excluding hydrogens is 86.1 g/mol. The third-order valence-electron chi connectivity index (χ3n) is 1.64. The van der Waals surface area contributed by atoms with Crippen LogP contribution in [0, 0.1) is 12.8 Å². The van der Waals surface area contributed by atoms with Crippen molar-refractivity contribution in [1.82, 2.24) is 0 Å². The molecule has 0 aromatic carbocycles. The summed E-state index contributed by atoms with van der Waals surface area (Å²) in [5.74, 6) is 0.942. The first-order valence-electron chi connectivity index (χ1n) is 2.97. The average Bonchev–Trinajstić information content (AvgIpc) is 2.22. The standard InChI is InChI=1S/C6H12N/c1-2-3-5-4-6(5)7/h5-6H,1-4,7H2/q+1/p+1. The van der Waals surface area contributed by atoms with Gasteiger partial charge >= 0.3 is 0 Å². The SMILES string of the molecule is [CH2+]CCC1CC1[NH3+]. The van der Waals surface area contributed by atoms with Gasteiger partial charge in [-0.25, -0.2) is 0 Å². The van der Waals surface area contributed by atoms with Gasteiger partial charge in [-0.2, -0.15) is 0 Å². The maximum absolute atomic E-state index is 3.92. The summed E-state index contributed by atoms with van der Waals surface area (Å²) >= 11 is 0. The Hall–Kier alpha value is -0.170. The molecule has 0 saturated heterocycles. The fraction of sp³-hybridized carbons (Fsp3) is 0.833. The van der Waals surface area contributed by atoms with Crippen molar-refractivity contribution in [3.05, 3.63) is 6.92 Å². The Labute approximate surface area is 44.9 Å². The highest BCUT2D eigenvalue weighted by molar-refractivity contribution is 4.83. The zero-order valence-electron chi connectivity index (χ0n) is 4.69. The Kier molecular flexibility index (Phi) is 1.24. The highest BCUT2D eigenvalue weighted by Crippen LogP contribution is 2.30. The molecule has 1 nitrogen and oxygen atoms in total. The smallest absolute Gasteiger partial charge is 0.0881 e. The lowest BCUT2D eigenvalue weighted by Crippen LogP contribution is -2.53. The monoisotopic (exact) mass is 99.1 g/mol. The fourth-order valence-corrected chi connectivity index (χ4v) is 0.926. The molecule has 3 N–H and O–H groups in total. The molecule has 1 aliphatic carbocycles. The van der Waals surface area contributed by atoms with E-state index in [1.165, 1.54) is 12.8 Å². The van der Waals surface area contributed by atoms with Crippen LogP contribution in [0.1, 0.15) is 19.3 Å². The van der Waals surface area contributed by atoms with E-state index in [1.807, 2.05) is 0 Å². The summed E-state index contributed by atoms with van der Waals surface area (Å²) < 4.78 is 0. The highest BCUT2D eigenvalue weighted by Gasteiger charge is 2.36. The minimum Gasteiger partial charge on any atom is -0.355 e. The van der Waals surface area contributed by atoms with Gasteiger partial charge in [0.15, 0.2) is 0 Å². The van der Waals surface area contributed by atoms with Crippen LogP contribution in [0.25, 0.3) is 0 Å². The first-order chi connectivity index (χ1) is 3.34. The van der Waals surface area contributed by atoms with Crippen LogP contribution in [-0.4, -0.2) is 6.04 Å². The molecule has 7 heavy (non-hydrogen) atoms. The molecule has 0 aliphatic heterocycles. The van der Waals surface area contributed by atoms with Gasteiger partial charge in [0.05, 0.1) is 19.4 Å². The molecule has 0 aromatic heterocycles. The normalized spacial score (nSPS) is 38.4. The molecule has 0 heterocycles. The van der Waals surface area contributed by atoms with Gasteiger partial charge < -0.3 is 5.73 Å². The molecule has 1 saturated carbocycles. The molecule has 1 rings (SSSR count). The third-order valence-corrected chi connectivity index (χ3v) is 1.64. The lowest BCUT2D eigenvalue weighted by molar-refractivity contribution is -0.389. The van der Waals surface area contributed by atoms with Crippen LogP contribution < -0.4 is 5.73 Å². The Morgan fingerprint density at radius 2 is 2.29 bits per heavy atom. The van der Waals surface area contributed by atoms with Crippen molar-refractivity contribution in [2.75, 3.05) is 0 Å². The average molecular weight is 99.2 g/mol. The van der Waals surface area contributed by atoms with Crippen molar-refractivity contribution >= 4 is 0 Å². The van der Waals surface area contributed by atoms with Crippen molar-refractivity contribution in [3.8, 4) is 0 Å². The van der Waals surface area contributed by atoms with Crippen molar-refractivity contribution in [2.45, 2.75) is 25.3 Å². The van der Waals surface area contributed by atoms with Crippen LogP contribution in [-0.2, 0) is 0 Å². The minimum atomic E-state index is 0.779. The summed E-state index contributed by atoms with van der Waals surface area (Å²) in [6.45, 7) is 3.77. The largest absolute Gasteiger partial charge is 0.355 e. The van der Waals surface area contributed by atoms with E-state index < -0.39 is 0 Å². The molecule has 1 aliphatic rings. The molecule has 0 spiro atoms. The van der Waals surface area contributed by atoms with Crippen LogP contribution in [0.15, 0.2) is 0 Å². The second kappa shape index (κ2) is 1.74. The molecule has 0 amide bonds. The van der Waals surface area contributed by atoms with Crippen LogP contribution in [0.2, 0.25) is 0 Å². The Morgan fingerprint density at radius 1 is 1.71 bits per heavy atom. The number of hydrogen-bond acceptors (Lipinski definition) is 0. The summed E-state index contributed by atoms with van der Waals surface area (Å²) in [4.78, 5) is 0. The van der Waals surface area contributed by atoms with Gasteiger partial charge in [-0.05, 0) is 6.42 Å². The van der Waals surface area contributed by atoms with Crippen LogP contribution in [0.5, 0.6) is 0 Å².